The molecule has 0 radical (unpaired) electrons. The van der Waals surface area contributed by atoms with Crippen molar-refractivity contribution < 1.29 is 39.4 Å². The predicted octanol–water partition coefficient (Wildman–Crippen LogP) is 9.22. The molecule has 9 aliphatic carbocycles. The van der Waals surface area contributed by atoms with Gasteiger partial charge >= 0.3 is 0 Å². The number of hydrogen-bond donors (Lipinski definition) is 4. The average molecular weight is 1030 g/mol. The number of fused-ring (bicyclic) bond motifs is 3. The van der Waals surface area contributed by atoms with Crippen LogP contribution in [0.3, 0.4) is 0 Å². The van der Waals surface area contributed by atoms with E-state index in [1.807, 2.05) is 32.2 Å². The highest BCUT2D eigenvalue weighted by molar-refractivity contribution is 5.64. The van der Waals surface area contributed by atoms with E-state index in [4.69, 9.17) is 18.9 Å². The van der Waals surface area contributed by atoms with Crippen LogP contribution in [0.2, 0.25) is 0 Å². The first-order chi connectivity index (χ1) is 35.9. The third kappa shape index (κ3) is 6.43. The molecule has 5 aliphatic heterocycles. The Morgan fingerprint density at radius 1 is 0.720 bits per heavy atom. The number of phenols is 2. The van der Waals surface area contributed by atoms with Crippen LogP contribution in [0.4, 0.5) is 0 Å². The fourth-order valence-corrected chi connectivity index (χ4v) is 20.6. The van der Waals surface area contributed by atoms with Gasteiger partial charge in [0.15, 0.2) is 23.0 Å². The standard InChI is InChI=1S/C29H41NO4.C18H23NO3.C17H23NO/c1-25(2,3)26(4,32)20-15-27-10-11-29(20,33-5)24-28(27)12-13-30(16-17-6-7-17)21(27)14-18-8-9-19(31)23(34-24)22(18)28;1-19-8-7-18-11-4-5-13(20)17(18)22-16-14(21-2)6-3-10(15(16)18)9-12(11)19;1-18-9-8-17-7-3-2-4-14(17)16(18)10-12-5-6-13(19)11-15(12)17/h8-9,17,20-21,24,31-32H,6-7,10-16H2,1-5H3;3,6,11-13,17,20H,4-5,7-9H2,1-2H3;5-6,11,14,16,19H,2-4,7-10H2,1H3/t20-,21-,24-,26+,27-,28+,29+;11-,12+,13-,17-,18-;14-,16+,17+/m100/s1. The van der Waals surface area contributed by atoms with Crippen LogP contribution in [0.1, 0.15) is 151 Å². The number of methoxy groups -OCH3 is 2. The van der Waals surface area contributed by atoms with Gasteiger partial charge in [-0.25, -0.2) is 0 Å². The van der Waals surface area contributed by atoms with E-state index < -0.39 is 11.2 Å². The van der Waals surface area contributed by atoms with Gasteiger partial charge < -0.3 is 49.2 Å². The van der Waals surface area contributed by atoms with Gasteiger partial charge in [0, 0.05) is 70.5 Å². The third-order valence-electron chi connectivity index (χ3n) is 24.7. The van der Waals surface area contributed by atoms with Gasteiger partial charge in [0.1, 0.15) is 23.6 Å². The van der Waals surface area contributed by atoms with Crippen molar-refractivity contribution in [3.63, 3.8) is 0 Å². The quantitative estimate of drug-likeness (QED) is 0.196. The molecule has 75 heavy (non-hydrogen) atoms. The maximum atomic E-state index is 12.2. The van der Waals surface area contributed by atoms with Gasteiger partial charge in [0.05, 0.1) is 18.8 Å². The Morgan fingerprint density at radius 3 is 2.21 bits per heavy atom. The molecule has 0 amide bonds. The molecule has 406 valence electrons. The highest BCUT2D eigenvalue weighted by Crippen LogP contribution is 2.78. The molecule has 11 nitrogen and oxygen atoms in total. The first-order valence-electron chi connectivity index (χ1n) is 29.7. The molecule has 3 spiro atoms. The van der Waals surface area contributed by atoms with Crippen molar-refractivity contribution in [2.45, 2.75) is 201 Å². The van der Waals surface area contributed by atoms with Crippen LogP contribution < -0.4 is 14.2 Å². The summed E-state index contributed by atoms with van der Waals surface area (Å²) in [7, 11) is 8.09. The second-order valence-electron chi connectivity index (χ2n) is 28.1. The number of aliphatic hydroxyl groups excluding tert-OH is 1. The maximum Gasteiger partial charge on any atom is 0.165 e. The van der Waals surface area contributed by atoms with Crippen LogP contribution in [0.5, 0.6) is 28.7 Å². The number of likely N-dealkylation sites (tertiary alicyclic amines) is 3. The molecule has 0 aromatic heterocycles. The van der Waals surface area contributed by atoms with E-state index in [1.165, 1.54) is 97.8 Å². The van der Waals surface area contributed by atoms with E-state index in [0.717, 1.165) is 100 Å². The predicted molar refractivity (Wildman–Crippen MR) is 289 cm³/mol. The van der Waals surface area contributed by atoms with Gasteiger partial charge in [-0.3, -0.25) is 4.90 Å². The molecule has 3 aromatic rings. The molecule has 17 rings (SSSR count). The Bertz CT molecular complexity index is 2790. The molecule has 3 saturated heterocycles. The number of rotatable bonds is 5. The minimum atomic E-state index is -0.909. The lowest BCUT2D eigenvalue weighted by molar-refractivity contribution is -0.312. The Morgan fingerprint density at radius 2 is 1.45 bits per heavy atom. The van der Waals surface area contributed by atoms with Crippen molar-refractivity contribution in [2.24, 2.45) is 34.5 Å². The van der Waals surface area contributed by atoms with E-state index in [2.05, 4.69) is 73.8 Å². The molecule has 5 heterocycles. The van der Waals surface area contributed by atoms with Crippen LogP contribution in [0.15, 0.2) is 42.5 Å². The Balaban J connectivity index is 0.000000109. The molecule has 15 atom stereocenters. The number of aliphatic hydroxyl groups is 2. The summed E-state index contributed by atoms with van der Waals surface area (Å²) in [4.78, 5) is 7.93. The normalized spacial score (nSPS) is 41.7. The van der Waals surface area contributed by atoms with Crippen molar-refractivity contribution in [2.75, 3.05) is 54.5 Å². The van der Waals surface area contributed by atoms with Crippen molar-refractivity contribution in [1.82, 2.24) is 14.7 Å². The molecule has 14 aliphatic rings. The fraction of sp³-hybridized carbons (Fsp3) is 0.719. The highest BCUT2D eigenvalue weighted by atomic mass is 16.6. The zero-order valence-electron chi connectivity index (χ0n) is 46.4. The monoisotopic (exact) mass is 1030 g/mol. The first kappa shape index (κ1) is 49.7. The number of ether oxygens (including phenoxy) is 4. The van der Waals surface area contributed by atoms with Crippen LogP contribution in [0, 0.1) is 34.5 Å². The molecule has 4 N–H and O–H groups in total. The summed E-state index contributed by atoms with van der Waals surface area (Å²) in [5, 5.41) is 43.7. The van der Waals surface area contributed by atoms with Gasteiger partial charge in [-0.05, 0) is 207 Å². The van der Waals surface area contributed by atoms with Gasteiger partial charge in [0.25, 0.3) is 0 Å². The van der Waals surface area contributed by atoms with Crippen molar-refractivity contribution in [3.05, 3.63) is 75.8 Å². The molecule has 3 aromatic carbocycles. The minimum absolute atomic E-state index is 0.00625. The molecule has 6 saturated carbocycles. The number of hydrogen-bond acceptors (Lipinski definition) is 11. The average Bonchev–Trinajstić information content (AvgIpc) is 4.12. The molecule has 8 bridgehead atoms. The lowest BCUT2D eigenvalue weighted by Gasteiger charge is -2.75. The maximum absolute atomic E-state index is 12.2. The number of benzene rings is 3. The molecular formula is C64H87N3O8. The zero-order chi connectivity index (χ0) is 52.0. The summed E-state index contributed by atoms with van der Waals surface area (Å²) in [6, 6.07) is 16.1. The lowest BCUT2D eigenvalue weighted by Crippen LogP contribution is -2.83. The molecule has 0 unspecified atom stereocenters. The second kappa shape index (κ2) is 16.7. The van der Waals surface area contributed by atoms with Crippen LogP contribution in [-0.4, -0.2) is 137 Å². The van der Waals surface area contributed by atoms with Gasteiger partial charge in [-0.1, -0.05) is 51.8 Å². The van der Waals surface area contributed by atoms with Crippen LogP contribution in [0.25, 0.3) is 0 Å². The topological polar surface area (TPSA) is 128 Å². The summed E-state index contributed by atoms with van der Waals surface area (Å²) >= 11 is 0. The summed E-state index contributed by atoms with van der Waals surface area (Å²) in [6.07, 6.45) is 19.3. The van der Waals surface area contributed by atoms with Crippen LogP contribution >= 0.6 is 0 Å². The first-order valence-corrected chi connectivity index (χ1v) is 29.7. The Labute approximate surface area is 446 Å². The number of piperidine rings is 3. The van der Waals surface area contributed by atoms with E-state index >= 15 is 0 Å². The van der Waals surface area contributed by atoms with Gasteiger partial charge in [0.2, 0.25) is 0 Å². The zero-order valence-corrected chi connectivity index (χ0v) is 46.4. The lowest BCUT2D eigenvalue weighted by atomic mass is 9.33. The van der Waals surface area contributed by atoms with E-state index in [9.17, 15) is 20.4 Å². The van der Waals surface area contributed by atoms with E-state index in [-0.39, 0.29) is 51.6 Å². The van der Waals surface area contributed by atoms with E-state index in [1.54, 1.807) is 7.11 Å². The van der Waals surface area contributed by atoms with Crippen LogP contribution in [-0.2, 0) is 40.2 Å². The molecular weight excluding hydrogens is 939 g/mol. The number of phenolic OH excluding ortho intramolecular Hbond substituents is 2. The van der Waals surface area contributed by atoms with Crippen molar-refractivity contribution >= 4 is 0 Å². The van der Waals surface area contributed by atoms with Gasteiger partial charge in [-0.15, -0.1) is 0 Å². The summed E-state index contributed by atoms with van der Waals surface area (Å²) in [6.45, 7) is 13.1. The Kier molecular flexibility index (Phi) is 11.1. The van der Waals surface area contributed by atoms with Crippen molar-refractivity contribution in [3.8, 4) is 28.7 Å². The smallest absolute Gasteiger partial charge is 0.165 e. The molecule has 9 fully saturated rings. The largest absolute Gasteiger partial charge is 0.508 e. The molecule has 11 heteroatoms. The minimum Gasteiger partial charge on any atom is -0.508 e. The van der Waals surface area contributed by atoms with E-state index in [0.29, 0.717) is 34.9 Å². The SMILES string of the molecule is CN1CC[C@]23CCCC[C@H]2[C@H]1Cc1ccc(O)cc13.CO[C@@]12CC[C@@]3(C[C@@H]1[C@](C)(O)C(C)(C)C)[C@H]1Cc4ccc(O)c5c4[C@@]3(CCN1CC1CC1)[C@H]2O5.COc1ccc2c3c1O[C@H]1[C@@H](O)CC[C@H]4[C@@H](C2)N(C)CC[C@@]341. The number of nitrogens with zero attached hydrogens (tertiary/aromatic N) is 3. The fourth-order valence-electron chi connectivity index (χ4n) is 20.6. The van der Waals surface area contributed by atoms with Crippen molar-refractivity contribution in [1.29, 1.82) is 0 Å². The Hall–Kier alpha value is -3.58. The summed E-state index contributed by atoms with van der Waals surface area (Å²) in [5.74, 6) is 5.41. The summed E-state index contributed by atoms with van der Waals surface area (Å²) in [5.41, 5.74) is 6.91. The summed E-state index contributed by atoms with van der Waals surface area (Å²) < 4.78 is 25.4. The third-order valence-corrected chi connectivity index (χ3v) is 24.7. The van der Waals surface area contributed by atoms with Gasteiger partial charge in [-0.2, -0.15) is 0 Å². The highest BCUT2D eigenvalue weighted by Gasteiger charge is 2.82. The number of likely N-dealkylation sites (N-methyl/N-ethyl adjacent to an activating group) is 2. The number of aromatic hydroxyl groups is 2. The second-order valence-corrected chi connectivity index (χ2v) is 28.1.